The van der Waals surface area contributed by atoms with E-state index in [1.165, 1.54) is 11.1 Å². The maximum absolute atomic E-state index is 12.7. The number of hydrogen-bond acceptors (Lipinski definition) is 3. The number of benzene rings is 2. The van der Waals surface area contributed by atoms with Crippen molar-refractivity contribution in [2.24, 2.45) is 0 Å². The lowest BCUT2D eigenvalue weighted by molar-refractivity contribution is 0.224. The van der Waals surface area contributed by atoms with Gasteiger partial charge in [-0.3, -0.25) is 0 Å². The van der Waals surface area contributed by atoms with Gasteiger partial charge in [0.05, 0.1) is 0 Å². The molecule has 152 valence electrons. The largest absolute Gasteiger partial charge is 0.334 e. The van der Waals surface area contributed by atoms with E-state index in [1.807, 2.05) is 64.6 Å². The number of urea groups is 1. The summed E-state index contributed by atoms with van der Waals surface area (Å²) in [4.78, 5) is 17.0. The topological polar surface area (TPSA) is 47.6 Å². The van der Waals surface area contributed by atoms with Gasteiger partial charge in [-0.2, -0.15) is 0 Å². The van der Waals surface area contributed by atoms with Crippen LogP contribution in [0.3, 0.4) is 0 Å². The van der Waals surface area contributed by atoms with Crippen molar-refractivity contribution in [1.29, 1.82) is 0 Å². The van der Waals surface area contributed by atoms with Crippen LogP contribution < -0.4 is 10.6 Å². The van der Waals surface area contributed by atoms with Crippen molar-refractivity contribution in [2.45, 2.75) is 24.9 Å². The van der Waals surface area contributed by atoms with Crippen LogP contribution >= 0.6 is 0 Å². The van der Waals surface area contributed by atoms with Crippen LogP contribution in [-0.2, 0) is 12.8 Å². The van der Waals surface area contributed by atoms with Crippen LogP contribution in [0.5, 0.6) is 0 Å². The molecular weight excluding hydrogens is 348 g/mol. The van der Waals surface area contributed by atoms with E-state index in [4.69, 9.17) is 0 Å². The number of hydrogen-bond donors (Lipinski definition) is 2. The van der Waals surface area contributed by atoms with Gasteiger partial charge in [-0.25, -0.2) is 4.79 Å². The van der Waals surface area contributed by atoms with E-state index >= 15 is 0 Å². The standard InChI is InChI=1S/C23H34N4O/c1-26(2)17-21(15-19-11-7-5-8-12-19)24-23(28)25-22(18-27(3)4)16-20-13-9-6-10-14-20/h5-14,21-22H,15-18H2,1-4H3,(H2,24,25,28)/t21-,22-/m0/s1. The second-order valence-electron chi connectivity index (χ2n) is 7.92. The minimum Gasteiger partial charge on any atom is -0.334 e. The van der Waals surface area contributed by atoms with Crippen LogP contribution in [0.2, 0.25) is 0 Å². The fraction of sp³-hybridized carbons (Fsp3) is 0.435. The van der Waals surface area contributed by atoms with Crippen LogP contribution in [0.15, 0.2) is 60.7 Å². The molecule has 2 amide bonds. The van der Waals surface area contributed by atoms with Gasteiger partial charge in [0.2, 0.25) is 0 Å². The summed E-state index contributed by atoms with van der Waals surface area (Å²) in [5.41, 5.74) is 2.45. The van der Waals surface area contributed by atoms with Gasteiger partial charge in [-0.1, -0.05) is 60.7 Å². The minimum absolute atomic E-state index is 0.0501. The monoisotopic (exact) mass is 382 g/mol. The molecule has 0 spiro atoms. The summed E-state index contributed by atoms with van der Waals surface area (Å²) >= 11 is 0. The molecule has 0 heterocycles. The van der Waals surface area contributed by atoms with Crippen molar-refractivity contribution in [3.63, 3.8) is 0 Å². The van der Waals surface area contributed by atoms with Crippen molar-refractivity contribution in [1.82, 2.24) is 20.4 Å². The van der Waals surface area contributed by atoms with Crippen molar-refractivity contribution in [2.75, 3.05) is 41.3 Å². The van der Waals surface area contributed by atoms with E-state index in [0.29, 0.717) is 0 Å². The first-order valence-electron chi connectivity index (χ1n) is 9.86. The van der Waals surface area contributed by atoms with Crippen molar-refractivity contribution >= 4 is 6.03 Å². The molecule has 0 radical (unpaired) electrons. The molecule has 0 aliphatic carbocycles. The van der Waals surface area contributed by atoms with Crippen LogP contribution in [0.4, 0.5) is 4.79 Å². The van der Waals surface area contributed by atoms with Crippen LogP contribution in [0, 0.1) is 0 Å². The van der Waals surface area contributed by atoms with E-state index in [1.54, 1.807) is 0 Å². The third-order valence-electron chi connectivity index (χ3n) is 4.49. The number of rotatable bonds is 10. The number of nitrogens with one attached hydrogen (secondary N) is 2. The van der Waals surface area contributed by atoms with Gasteiger partial charge in [0.15, 0.2) is 0 Å². The molecule has 0 unspecified atom stereocenters. The molecule has 2 N–H and O–H groups in total. The van der Waals surface area contributed by atoms with E-state index in [2.05, 4.69) is 44.7 Å². The third kappa shape index (κ3) is 8.55. The van der Waals surface area contributed by atoms with E-state index in [9.17, 15) is 4.79 Å². The molecule has 0 aromatic heterocycles. The summed E-state index contributed by atoms with van der Waals surface area (Å²) in [7, 11) is 8.12. The highest BCUT2D eigenvalue weighted by atomic mass is 16.2. The Morgan fingerprint density at radius 3 is 1.39 bits per heavy atom. The maximum atomic E-state index is 12.7. The molecule has 2 rings (SSSR count). The molecule has 0 saturated carbocycles. The molecule has 0 saturated heterocycles. The fourth-order valence-electron chi connectivity index (χ4n) is 3.41. The number of carbonyl (C=O) groups is 1. The fourth-order valence-corrected chi connectivity index (χ4v) is 3.41. The third-order valence-corrected chi connectivity index (χ3v) is 4.49. The van der Waals surface area contributed by atoms with Gasteiger partial charge in [0.25, 0.3) is 0 Å². The average molecular weight is 383 g/mol. The predicted octanol–water partition coefficient (Wildman–Crippen LogP) is 2.63. The number of likely N-dealkylation sites (N-methyl/N-ethyl adjacent to an activating group) is 2. The normalized spacial score (nSPS) is 13.4. The first-order chi connectivity index (χ1) is 13.4. The Balaban J connectivity index is 1.98. The Morgan fingerprint density at radius 2 is 1.07 bits per heavy atom. The maximum Gasteiger partial charge on any atom is 0.315 e. The number of carbonyl (C=O) groups excluding carboxylic acids is 1. The minimum atomic E-state index is -0.106. The van der Waals surface area contributed by atoms with E-state index in [0.717, 1.165) is 25.9 Å². The molecule has 0 fully saturated rings. The molecule has 28 heavy (non-hydrogen) atoms. The summed E-state index contributed by atoms with van der Waals surface area (Å²) in [6.45, 7) is 1.58. The molecule has 2 atom stereocenters. The van der Waals surface area contributed by atoms with Gasteiger partial charge in [-0.15, -0.1) is 0 Å². The summed E-state index contributed by atoms with van der Waals surface area (Å²) in [5.74, 6) is 0. The smallest absolute Gasteiger partial charge is 0.315 e. The van der Waals surface area contributed by atoms with Gasteiger partial charge in [0, 0.05) is 25.2 Å². The van der Waals surface area contributed by atoms with Crippen LogP contribution in [0.25, 0.3) is 0 Å². The molecule has 2 aromatic rings. The molecule has 0 aliphatic heterocycles. The number of amides is 2. The zero-order valence-electron chi connectivity index (χ0n) is 17.6. The SMILES string of the molecule is CN(C)C[C@H](Cc1ccccc1)NC(=O)N[C@@H](Cc1ccccc1)CN(C)C. The molecular formula is C23H34N4O. The van der Waals surface area contributed by atoms with Crippen molar-refractivity contribution in [3.8, 4) is 0 Å². The Morgan fingerprint density at radius 1 is 0.714 bits per heavy atom. The van der Waals surface area contributed by atoms with Gasteiger partial charge >= 0.3 is 6.03 Å². The quantitative estimate of drug-likeness (QED) is 0.664. The van der Waals surface area contributed by atoms with Crippen molar-refractivity contribution < 1.29 is 4.79 Å². The zero-order chi connectivity index (χ0) is 20.4. The highest BCUT2D eigenvalue weighted by molar-refractivity contribution is 5.74. The summed E-state index contributed by atoms with van der Waals surface area (Å²) < 4.78 is 0. The Kier molecular flexibility index (Phi) is 8.98. The van der Waals surface area contributed by atoms with Crippen LogP contribution in [0.1, 0.15) is 11.1 Å². The van der Waals surface area contributed by atoms with Gasteiger partial charge in [-0.05, 0) is 52.2 Å². The lowest BCUT2D eigenvalue weighted by Crippen LogP contribution is -2.52. The Labute approximate surface area is 169 Å². The summed E-state index contributed by atoms with van der Waals surface area (Å²) in [6, 6.07) is 20.6. The zero-order valence-corrected chi connectivity index (χ0v) is 17.6. The first-order valence-corrected chi connectivity index (χ1v) is 9.86. The Bertz CT molecular complexity index is 629. The van der Waals surface area contributed by atoms with Crippen LogP contribution in [-0.4, -0.2) is 69.2 Å². The van der Waals surface area contributed by atoms with E-state index in [-0.39, 0.29) is 18.1 Å². The van der Waals surface area contributed by atoms with Gasteiger partial charge in [0.1, 0.15) is 0 Å². The van der Waals surface area contributed by atoms with E-state index < -0.39 is 0 Å². The second kappa shape index (κ2) is 11.5. The van der Waals surface area contributed by atoms with Crippen molar-refractivity contribution in [3.05, 3.63) is 71.8 Å². The molecule has 5 heteroatoms. The summed E-state index contributed by atoms with van der Waals surface area (Å²) in [5, 5.41) is 6.35. The molecule has 0 aliphatic rings. The predicted molar refractivity (Wildman–Crippen MR) is 117 cm³/mol. The first kappa shape index (κ1) is 21.9. The van der Waals surface area contributed by atoms with Gasteiger partial charge < -0.3 is 20.4 Å². The molecule has 5 nitrogen and oxygen atoms in total. The second-order valence-corrected chi connectivity index (χ2v) is 7.92. The lowest BCUT2D eigenvalue weighted by Gasteiger charge is -2.26. The molecule has 2 aromatic carbocycles. The Hall–Kier alpha value is -2.37. The number of nitrogens with zero attached hydrogens (tertiary/aromatic N) is 2. The summed E-state index contributed by atoms with van der Waals surface area (Å²) in [6.07, 6.45) is 1.62. The highest BCUT2D eigenvalue weighted by Crippen LogP contribution is 2.06. The highest BCUT2D eigenvalue weighted by Gasteiger charge is 2.18. The molecule has 0 bridgehead atoms. The lowest BCUT2D eigenvalue weighted by atomic mass is 10.0. The average Bonchev–Trinajstić information content (AvgIpc) is 2.62.